The highest BCUT2D eigenvalue weighted by Gasteiger charge is 2.33. The van der Waals surface area contributed by atoms with Gasteiger partial charge in [-0.3, -0.25) is 0 Å². The van der Waals surface area contributed by atoms with Crippen LogP contribution in [0, 0.1) is 0 Å². The Kier molecular flexibility index (Phi) is 5.45. The van der Waals surface area contributed by atoms with E-state index in [1.54, 1.807) is 0 Å². The predicted octanol–water partition coefficient (Wildman–Crippen LogP) is 3.32. The van der Waals surface area contributed by atoms with Crippen molar-refractivity contribution in [2.75, 3.05) is 26.3 Å². The molecule has 4 nitrogen and oxygen atoms in total. The summed E-state index contributed by atoms with van der Waals surface area (Å²) in [6, 6.07) is 18.4. The summed E-state index contributed by atoms with van der Waals surface area (Å²) in [5, 5.41) is 6.86. The molecule has 0 radical (unpaired) electrons. The van der Waals surface area contributed by atoms with Gasteiger partial charge in [0.1, 0.15) is 0 Å². The lowest BCUT2D eigenvalue weighted by molar-refractivity contribution is -0.00153. The third kappa shape index (κ3) is 3.62. The molecular weight excluding hydrogens is 348 g/mol. The van der Waals surface area contributed by atoms with Gasteiger partial charge < -0.3 is 20.1 Å². The number of hydrogen-bond donors (Lipinski definition) is 2. The molecule has 0 spiro atoms. The van der Waals surface area contributed by atoms with E-state index < -0.39 is 0 Å². The minimum absolute atomic E-state index is 0.300. The van der Waals surface area contributed by atoms with E-state index >= 15 is 0 Å². The van der Waals surface area contributed by atoms with Crippen LogP contribution >= 0.6 is 0 Å². The molecule has 0 aliphatic carbocycles. The van der Waals surface area contributed by atoms with Crippen molar-refractivity contribution >= 4 is 0 Å². The minimum Gasteiger partial charge on any atom is -0.372 e. The summed E-state index contributed by atoms with van der Waals surface area (Å²) in [6.07, 6.45) is 5.24. The molecule has 0 unspecified atom stereocenters. The Hall–Kier alpha value is -1.72. The zero-order chi connectivity index (χ0) is 18.8. The van der Waals surface area contributed by atoms with Crippen molar-refractivity contribution in [3.8, 4) is 0 Å². The van der Waals surface area contributed by atoms with Gasteiger partial charge in [0.15, 0.2) is 0 Å². The van der Waals surface area contributed by atoms with Gasteiger partial charge in [-0.2, -0.15) is 0 Å². The molecule has 4 aliphatic heterocycles. The third-order valence-electron chi connectivity index (χ3n) is 6.52. The standard InChI is InChI=1S/2C12H15NO/c2*1-2-4-10-9(3-1)6-8-14-12(10)11-5-7-13-11/h2*1-4,11-13H,5-8H2/t11-,12+;11-,12-/m00/s1. The highest BCUT2D eigenvalue weighted by atomic mass is 16.5. The third-order valence-corrected chi connectivity index (χ3v) is 6.52. The van der Waals surface area contributed by atoms with Gasteiger partial charge in [0.2, 0.25) is 0 Å². The van der Waals surface area contributed by atoms with E-state index in [-0.39, 0.29) is 0 Å². The first-order valence-electron chi connectivity index (χ1n) is 10.8. The maximum Gasteiger partial charge on any atom is 0.0981 e. The molecule has 2 aromatic rings. The van der Waals surface area contributed by atoms with Crippen molar-refractivity contribution in [2.24, 2.45) is 0 Å². The molecule has 4 atom stereocenters. The van der Waals surface area contributed by atoms with Crippen molar-refractivity contribution < 1.29 is 9.47 Å². The number of hydrogen-bond acceptors (Lipinski definition) is 4. The van der Waals surface area contributed by atoms with Crippen molar-refractivity contribution in [2.45, 2.75) is 50.0 Å². The second-order valence-electron chi connectivity index (χ2n) is 8.18. The smallest absolute Gasteiger partial charge is 0.0981 e. The summed E-state index contributed by atoms with van der Waals surface area (Å²) in [5.41, 5.74) is 5.74. The zero-order valence-electron chi connectivity index (χ0n) is 16.4. The highest BCUT2D eigenvalue weighted by molar-refractivity contribution is 5.33. The van der Waals surface area contributed by atoms with Crippen LogP contribution in [0.3, 0.4) is 0 Å². The molecule has 6 rings (SSSR count). The molecule has 4 heterocycles. The van der Waals surface area contributed by atoms with Crippen molar-refractivity contribution in [1.82, 2.24) is 10.6 Å². The Labute approximate surface area is 167 Å². The van der Waals surface area contributed by atoms with Crippen LogP contribution in [-0.4, -0.2) is 38.4 Å². The SMILES string of the molecule is c1ccc2c(c1)CCO[C@@H]2[C@@H]1CCN1.c1ccc2c(c1)CCO[C@H]2[C@@H]1CCN1. The lowest BCUT2D eigenvalue weighted by Crippen LogP contribution is -2.48. The summed E-state index contributed by atoms with van der Waals surface area (Å²) >= 11 is 0. The predicted molar refractivity (Wildman–Crippen MR) is 110 cm³/mol. The van der Waals surface area contributed by atoms with Crippen LogP contribution in [0.2, 0.25) is 0 Å². The largest absolute Gasteiger partial charge is 0.372 e. The Morgan fingerprint density at radius 3 is 1.46 bits per heavy atom. The number of nitrogens with one attached hydrogen (secondary N) is 2. The van der Waals surface area contributed by atoms with Crippen molar-refractivity contribution in [3.63, 3.8) is 0 Å². The van der Waals surface area contributed by atoms with Gasteiger partial charge in [-0.25, -0.2) is 0 Å². The number of benzene rings is 2. The average Bonchev–Trinajstić information content (AvgIpc) is 2.67. The van der Waals surface area contributed by atoms with Crippen LogP contribution in [0.15, 0.2) is 48.5 Å². The van der Waals surface area contributed by atoms with Gasteiger partial charge in [0, 0.05) is 12.1 Å². The molecule has 28 heavy (non-hydrogen) atoms. The Morgan fingerprint density at radius 2 is 1.07 bits per heavy atom. The fourth-order valence-corrected chi connectivity index (χ4v) is 4.65. The van der Waals surface area contributed by atoms with Crippen molar-refractivity contribution in [1.29, 1.82) is 0 Å². The average molecular weight is 379 g/mol. The number of ether oxygens (including phenoxy) is 2. The summed E-state index contributed by atoms with van der Waals surface area (Å²) in [6.45, 7) is 4.04. The van der Waals surface area contributed by atoms with E-state index in [0.29, 0.717) is 24.3 Å². The topological polar surface area (TPSA) is 42.5 Å². The van der Waals surface area contributed by atoms with Gasteiger partial charge in [-0.05, 0) is 61.0 Å². The molecule has 0 bridgehead atoms. The summed E-state index contributed by atoms with van der Waals surface area (Å²) in [5.74, 6) is 0. The summed E-state index contributed by atoms with van der Waals surface area (Å²) in [4.78, 5) is 0. The van der Waals surface area contributed by atoms with Crippen molar-refractivity contribution in [3.05, 3.63) is 70.8 Å². The molecule has 148 valence electrons. The molecule has 2 aromatic carbocycles. The lowest BCUT2D eigenvalue weighted by Gasteiger charge is -2.38. The first-order chi connectivity index (χ1) is 13.9. The monoisotopic (exact) mass is 378 g/mol. The highest BCUT2D eigenvalue weighted by Crippen LogP contribution is 2.33. The molecule has 4 aliphatic rings. The second-order valence-corrected chi connectivity index (χ2v) is 8.18. The van der Waals surface area contributed by atoms with Gasteiger partial charge in [0.05, 0.1) is 25.4 Å². The van der Waals surface area contributed by atoms with E-state index in [2.05, 4.69) is 59.2 Å². The molecule has 0 amide bonds. The van der Waals surface area contributed by atoms with Crippen LogP contribution < -0.4 is 10.6 Å². The molecule has 2 saturated heterocycles. The van der Waals surface area contributed by atoms with Crippen LogP contribution in [0.4, 0.5) is 0 Å². The number of fused-ring (bicyclic) bond motifs is 2. The first-order valence-corrected chi connectivity index (χ1v) is 10.8. The van der Waals surface area contributed by atoms with Crippen LogP contribution in [0.5, 0.6) is 0 Å². The quantitative estimate of drug-likeness (QED) is 0.841. The minimum atomic E-state index is 0.300. The van der Waals surface area contributed by atoms with Crippen LogP contribution in [0.25, 0.3) is 0 Å². The molecule has 2 N–H and O–H groups in total. The molecule has 0 saturated carbocycles. The van der Waals surface area contributed by atoms with E-state index in [1.807, 2.05) is 0 Å². The van der Waals surface area contributed by atoms with E-state index in [9.17, 15) is 0 Å². The second kappa shape index (κ2) is 8.34. The van der Waals surface area contributed by atoms with E-state index in [1.165, 1.54) is 35.1 Å². The van der Waals surface area contributed by atoms with Gasteiger partial charge in [0.25, 0.3) is 0 Å². The van der Waals surface area contributed by atoms with E-state index in [0.717, 1.165) is 39.1 Å². The summed E-state index contributed by atoms with van der Waals surface area (Å²) < 4.78 is 11.7. The lowest BCUT2D eigenvalue weighted by atomic mass is 9.89. The molecule has 0 aromatic heterocycles. The summed E-state index contributed by atoms with van der Waals surface area (Å²) in [7, 11) is 0. The molecule has 2 fully saturated rings. The van der Waals surface area contributed by atoms with Gasteiger partial charge in [-0.15, -0.1) is 0 Å². The zero-order valence-corrected chi connectivity index (χ0v) is 16.4. The van der Waals surface area contributed by atoms with Crippen LogP contribution in [-0.2, 0) is 22.3 Å². The number of rotatable bonds is 2. The fraction of sp³-hybridized carbons (Fsp3) is 0.500. The van der Waals surface area contributed by atoms with Gasteiger partial charge >= 0.3 is 0 Å². The first kappa shape index (κ1) is 18.3. The van der Waals surface area contributed by atoms with E-state index in [4.69, 9.17) is 9.47 Å². The van der Waals surface area contributed by atoms with Crippen LogP contribution in [0.1, 0.15) is 47.3 Å². The fourth-order valence-electron chi connectivity index (χ4n) is 4.65. The Morgan fingerprint density at radius 1 is 0.643 bits per heavy atom. The molecule has 4 heteroatoms. The normalized spacial score (nSPS) is 30.6. The Balaban J connectivity index is 0.000000122. The maximum atomic E-state index is 5.85. The maximum absolute atomic E-state index is 5.85. The van der Waals surface area contributed by atoms with Gasteiger partial charge in [-0.1, -0.05) is 48.5 Å². The molecular formula is C24H30N2O2. The Bertz CT molecular complexity index is 733.